The lowest BCUT2D eigenvalue weighted by atomic mass is 9.67. The van der Waals surface area contributed by atoms with E-state index < -0.39 is 11.9 Å². The molecule has 34 heavy (non-hydrogen) atoms. The summed E-state index contributed by atoms with van der Waals surface area (Å²) >= 11 is 0. The van der Waals surface area contributed by atoms with Crippen molar-refractivity contribution in [2.45, 2.75) is 89.9 Å². The zero-order valence-corrected chi connectivity index (χ0v) is 20.8. The zero-order chi connectivity index (χ0) is 24.3. The quantitative estimate of drug-likeness (QED) is 0.199. The third-order valence-corrected chi connectivity index (χ3v) is 8.00. The molecule has 0 unspecified atom stereocenters. The minimum Gasteiger partial charge on any atom is -0.490 e. The van der Waals surface area contributed by atoms with Crippen LogP contribution in [0.2, 0.25) is 0 Å². The number of carboxylic acids is 1. The first-order valence-electron chi connectivity index (χ1n) is 13.3. The predicted octanol–water partition coefficient (Wildman–Crippen LogP) is 7.15. The van der Waals surface area contributed by atoms with Gasteiger partial charge in [-0.05, 0) is 86.0 Å². The van der Waals surface area contributed by atoms with Crippen LogP contribution < -0.4 is 4.74 Å². The van der Waals surface area contributed by atoms with Crippen molar-refractivity contribution in [3.05, 3.63) is 42.0 Å². The molecule has 2 fully saturated rings. The fourth-order valence-electron chi connectivity index (χ4n) is 6.06. The molecule has 0 heterocycles. The van der Waals surface area contributed by atoms with E-state index in [1.54, 1.807) is 12.1 Å². The van der Waals surface area contributed by atoms with Crippen molar-refractivity contribution in [3.63, 3.8) is 0 Å². The highest BCUT2D eigenvalue weighted by molar-refractivity contribution is 5.90. The van der Waals surface area contributed by atoms with E-state index in [2.05, 4.69) is 13.5 Å². The molecular weight excluding hydrogens is 428 g/mol. The number of rotatable bonds is 12. The molecule has 2 aliphatic carbocycles. The second-order valence-corrected chi connectivity index (χ2v) is 10.2. The van der Waals surface area contributed by atoms with Gasteiger partial charge in [-0.3, -0.25) is 0 Å². The van der Waals surface area contributed by atoms with E-state index in [0.29, 0.717) is 11.3 Å². The van der Waals surface area contributed by atoms with Crippen molar-refractivity contribution >= 4 is 11.9 Å². The summed E-state index contributed by atoms with van der Waals surface area (Å²) in [5, 5.41) is 9.74. The summed E-state index contributed by atoms with van der Waals surface area (Å²) in [5.41, 5.74) is 1.26. The van der Waals surface area contributed by atoms with E-state index in [0.717, 1.165) is 42.2 Å². The van der Waals surface area contributed by atoms with Gasteiger partial charge in [-0.1, -0.05) is 52.0 Å². The van der Waals surface area contributed by atoms with E-state index in [-0.39, 0.29) is 19.1 Å². The second-order valence-electron chi connectivity index (χ2n) is 10.2. The summed E-state index contributed by atoms with van der Waals surface area (Å²) in [4.78, 5) is 23.0. The highest BCUT2D eigenvalue weighted by Gasteiger charge is 2.32. The van der Waals surface area contributed by atoms with Gasteiger partial charge in [0.05, 0.1) is 5.56 Å². The molecule has 0 saturated heterocycles. The van der Waals surface area contributed by atoms with Gasteiger partial charge in [0.2, 0.25) is 0 Å². The van der Waals surface area contributed by atoms with Gasteiger partial charge in [-0.15, -0.1) is 0 Å². The van der Waals surface area contributed by atoms with E-state index in [1.165, 1.54) is 64.2 Å². The molecule has 0 atom stereocenters. The molecule has 3 rings (SSSR count). The Labute approximate surface area is 204 Å². The summed E-state index contributed by atoms with van der Waals surface area (Å²) in [6, 6.07) is 5.22. The molecular formula is C29H42O5. The molecule has 0 aliphatic heterocycles. The first kappa shape index (κ1) is 26.3. The maximum Gasteiger partial charge on any atom is 0.335 e. The van der Waals surface area contributed by atoms with Gasteiger partial charge in [0.15, 0.2) is 0 Å². The van der Waals surface area contributed by atoms with Crippen LogP contribution in [0, 0.1) is 17.8 Å². The second kappa shape index (κ2) is 13.6. The highest BCUT2D eigenvalue weighted by Crippen LogP contribution is 2.45. The molecule has 5 nitrogen and oxygen atoms in total. The molecule has 1 aromatic carbocycles. The molecule has 0 aromatic heterocycles. The summed E-state index contributed by atoms with van der Waals surface area (Å²) in [6.45, 7) is 6.00. The molecule has 0 bridgehead atoms. The number of carbonyl (C=O) groups is 2. The average molecular weight is 471 g/mol. The van der Waals surface area contributed by atoms with Crippen molar-refractivity contribution in [2.24, 2.45) is 17.8 Å². The first-order valence-corrected chi connectivity index (χ1v) is 13.3. The lowest BCUT2D eigenvalue weighted by Gasteiger charge is -2.38. The van der Waals surface area contributed by atoms with E-state index in [9.17, 15) is 14.7 Å². The monoisotopic (exact) mass is 470 g/mol. The Bertz CT molecular complexity index is 801. The van der Waals surface area contributed by atoms with Crippen molar-refractivity contribution in [3.8, 4) is 5.75 Å². The normalized spacial score (nSPS) is 24.9. The van der Waals surface area contributed by atoms with Gasteiger partial charge in [0.1, 0.15) is 19.0 Å². The van der Waals surface area contributed by atoms with Gasteiger partial charge in [-0.2, -0.15) is 0 Å². The van der Waals surface area contributed by atoms with Crippen LogP contribution in [-0.2, 0) is 9.53 Å². The summed E-state index contributed by atoms with van der Waals surface area (Å²) in [7, 11) is 0. The van der Waals surface area contributed by atoms with Gasteiger partial charge in [-0.25, -0.2) is 9.59 Å². The van der Waals surface area contributed by atoms with Gasteiger partial charge >= 0.3 is 11.9 Å². The molecule has 5 heteroatoms. The van der Waals surface area contributed by atoms with E-state index in [4.69, 9.17) is 9.47 Å². The number of unbranched alkanes of at least 4 members (excludes halogenated alkanes) is 2. The maximum atomic E-state index is 11.9. The van der Waals surface area contributed by atoms with Crippen molar-refractivity contribution in [2.75, 3.05) is 13.2 Å². The standard InChI is InChI=1S/C29H42O5/c1-3-5-6-7-21-8-10-22(11-9-21)23-12-14-24(15-13-23)27-20-25(16-17-26(27)29(31)32)33-18-19-34-28(30)4-2/h4,16-17,20-24H,2-3,5-15,18-19H2,1H3,(H,31,32). The smallest absolute Gasteiger partial charge is 0.335 e. The Morgan fingerprint density at radius 3 is 2.29 bits per heavy atom. The molecule has 1 aromatic rings. The number of carboxylic acid groups (broad SMARTS) is 1. The molecule has 0 radical (unpaired) electrons. The molecule has 0 spiro atoms. The van der Waals surface area contributed by atoms with Crippen molar-refractivity contribution in [1.29, 1.82) is 0 Å². The van der Waals surface area contributed by atoms with Crippen LogP contribution in [0.15, 0.2) is 30.9 Å². The molecule has 2 saturated carbocycles. The summed E-state index contributed by atoms with van der Waals surface area (Å²) in [5.74, 6) is 2.11. The first-order chi connectivity index (χ1) is 16.5. The maximum absolute atomic E-state index is 11.9. The largest absolute Gasteiger partial charge is 0.490 e. The minimum atomic E-state index is -0.884. The molecule has 2 aliphatic rings. The third-order valence-electron chi connectivity index (χ3n) is 8.00. The van der Waals surface area contributed by atoms with Crippen LogP contribution in [0.3, 0.4) is 0 Å². The van der Waals surface area contributed by atoms with Gasteiger partial charge in [0, 0.05) is 6.08 Å². The third kappa shape index (κ3) is 7.61. The van der Waals surface area contributed by atoms with Crippen LogP contribution in [-0.4, -0.2) is 30.3 Å². The molecule has 0 amide bonds. The van der Waals surface area contributed by atoms with Crippen LogP contribution in [0.5, 0.6) is 5.75 Å². The topological polar surface area (TPSA) is 72.8 Å². The Hall–Kier alpha value is -2.30. The van der Waals surface area contributed by atoms with Crippen molar-refractivity contribution in [1.82, 2.24) is 0 Å². The van der Waals surface area contributed by atoms with Crippen LogP contribution in [0.1, 0.15) is 106 Å². The average Bonchev–Trinajstić information content (AvgIpc) is 2.87. The Morgan fingerprint density at radius 1 is 1.00 bits per heavy atom. The summed E-state index contributed by atoms with van der Waals surface area (Å²) in [6.07, 6.45) is 16.6. The fourth-order valence-corrected chi connectivity index (χ4v) is 6.06. The van der Waals surface area contributed by atoms with E-state index in [1.807, 2.05) is 6.07 Å². The Kier molecular flexibility index (Phi) is 10.5. The Morgan fingerprint density at radius 2 is 1.68 bits per heavy atom. The number of hydrogen-bond donors (Lipinski definition) is 1. The zero-order valence-electron chi connectivity index (χ0n) is 20.8. The van der Waals surface area contributed by atoms with Gasteiger partial charge in [0.25, 0.3) is 0 Å². The SMILES string of the molecule is C=CC(=O)OCCOc1ccc(C(=O)O)c(C2CCC(C3CCC(CCCCC)CC3)CC2)c1. The van der Waals surface area contributed by atoms with Crippen LogP contribution >= 0.6 is 0 Å². The Balaban J connectivity index is 1.51. The van der Waals surface area contributed by atoms with Crippen molar-refractivity contribution < 1.29 is 24.2 Å². The number of benzene rings is 1. The van der Waals surface area contributed by atoms with Crippen LogP contribution in [0.4, 0.5) is 0 Å². The van der Waals surface area contributed by atoms with E-state index >= 15 is 0 Å². The number of ether oxygens (including phenoxy) is 2. The number of esters is 1. The fraction of sp³-hybridized carbons (Fsp3) is 0.655. The number of carbonyl (C=O) groups excluding carboxylic acids is 1. The molecule has 1 N–H and O–H groups in total. The molecule has 188 valence electrons. The lowest BCUT2D eigenvalue weighted by molar-refractivity contribution is -0.138. The summed E-state index contributed by atoms with van der Waals surface area (Å²) < 4.78 is 10.7. The number of aromatic carboxylic acids is 1. The van der Waals surface area contributed by atoms with Gasteiger partial charge < -0.3 is 14.6 Å². The predicted molar refractivity (Wildman–Crippen MR) is 134 cm³/mol. The number of hydrogen-bond acceptors (Lipinski definition) is 4. The lowest BCUT2D eigenvalue weighted by Crippen LogP contribution is -2.26. The minimum absolute atomic E-state index is 0.132. The highest BCUT2D eigenvalue weighted by atomic mass is 16.6. The van der Waals surface area contributed by atoms with Crippen LogP contribution in [0.25, 0.3) is 0 Å².